The quantitative estimate of drug-likeness (QED) is 0.352. The zero-order valence-electron chi connectivity index (χ0n) is 21.7. The maximum atomic E-state index is 13.7. The van der Waals surface area contributed by atoms with Crippen molar-refractivity contribution in [2.24, 2.45) is 0 Å². The second-order valence-corrected chi connectivity index (χ2v) is 10.7. The largest absolute Gasteiger partial charge is 0.379 e. The number of nitrogens with one attached hydrogen (secondary N) is 1. The van der Waals surface area contributed by atoms with E-state index in [0.29, 0.717) is 38.5 Å². The highest BCUT2D eigenvalue weighted by molar-refractivity contribution is 7.10. The van der Waals surface area contributed by atoms with Crippen molar-refractivity contribution in [3.8, 4) is 0 Å². The fourth-order valence-corrected chi connectivity index (χ4v) is 5.26. The van der Waals surface area contributed by atoms with Gasteiger partial charge in [0.2, 0.25) is 5.91 Å². The van der Waals surface area contributed by atoms with Crippen LogP contribution < -0.4 is 5.32 Å². The number of nitrogens with zero attached hydrogens (tertiary/aromatic N) is 3. The van der Waals surface area contributed by atoms with Gasteiger partial charge in [0.25, 0.3) is 0 Å². The van der Waals surface area contributed by atoms with Crippen molar-refractivity contribution in [2.75, 3.05) is 51.3 Å². The molecule has 1 saturated heterocycles. The van der Waals surface area contributed by atoms with E-state index < -0.39 is 11.8 Å². The van der Waals surface area contributed by atoms with Crippen LogP contribution in [-0.2, 0) is 22.6 Å². The molecule has 11 heteroatoms. The zero-order valence-corrected chi connectivity index (χ0v) is 23.2. The molecule has 0 aliphatic carbocycles. The minimum atomic E-state index is -0.589. The van der Waals surface area contributed by atoms with Crippen LogP contribution in [0.25, 0.3) is 0 Å². The summed E-state index contributed by atoms with van der Waals surface area (Å²) in [6.45, 7) is 6.03. The average Bonchev–Trinajstić information content (AvgIpc) is 3.34. The number of rotatable bonds is 10. The Balaban J connectivity index is 1.52. The Labute approximate surface area is 235 Å². The van der Waals surface area contributed by atoms with Gasteiger partial charge in [0.1, 0.15) is 18.2 Å². The maximum Gasteiger partial charge on any atom is 0.322 e. The normalized spacial score (nSPS) is 13.7. The molecule has 1 aromatic heterocycles. The van der Waals surface area contributed by atoms with E-state index in [0.717, 1.165) is 29.1 Å². The summed E-state index contributed by atoms with van der Waals surface area (Å²) in [5.41, 5.74) is 2.18. The van der Waals surface area contributed by atoms with Gasteiger partial charge in [-0.2, -0.15) is 0 Å². The van der Waals surface area contributed by atoms with Crippen LogP contribution in [0.1, 0.15) is 16.0 Å². The lowest BCUT2D eigenvalue weighted by atomic mass is 10.2. The first-order valence-electron chi connectivity index (χ1n) is 12.6. The highest BCUT2D eigenvalue weighted by Crippen LogP contribution is 2.21. The van der Waals surface area contributed by atoms with Gasteiger partial charge in [-0.1, -0.05) is 23.7 Å². The highest BCUT2D eigenvalue weighted by atomic mass is 35.5. The number of hydrogen-bond acceptors (Lipinski definition) is 5. The molecule has 4 rings (SSSR count). The summed E-state index contributed by atoms with van der Waals surface area (Å²) in [5, 5.41) is 4.60. The molecule has 2 aromatic carbocycles. The van der Waals surface area contributed by atoms with Crippen LogP contribution in [0.15, 0.2) is 53.9 Å². The van der Waals surface area contributed by atoms with Crippen molar-refractivity contribution < 1.29 is 23.1 Å². The van der Waals surface area contributed by atoms with Crippen LogP contribution in [0, 0.1) is 18.6 Å². The molecule has 208 valence electrons. The molecule has 3 aromatic rings. The molecule has 7 nitrogen and oxygen atoms in total. The number of benzene rings is 2. The number of morpholine rings is 1. The predicted octanol–water partition coefficient (Wildman–Crippen LogP) is 5.38. The zero-order chi connectivity index (χ0) is 27.8. The molecule has 0 saturated carbocycles. The molecule has 1 N–H and O–H groups in total. The molecule has 0 unspecified atom stereocenters. The van der Waals surface area contributed by atoms with Crippen molar-refractivity contribution >= 4 is 40.6 Å². The van der Waals surface area contributed by atoms with E-state index in [1.54, 1.807) is 28.4 Å². The van der Waals surface area contributed by atoms with Gasteiger partial charge >= 0.3 is 6.03 Å². The van der Waals surface area contributed by atoms with Crippen molar-refractivity contribution in [2.45, 2.75) is 20.0 Å². The molecule has 0 bridgehead atoms. The van der Waals surface area contributed by atoms with Gasteiger partial charge in [0, 0.05) is 43.3 Å². The third-order valence-corrected chi connectivity index (χ3v) is 7.81. The maximum absolute atomic E-state index is 13.7. The first-order chi connectivity index (χ1) is 18.8. The van der Waals surface area contributed by atoms with Gasteiger partial charge in [-0.05, 0) is 59.8 Å². The minimum absolute atomic E-state index is 0.111. The fourth-order valence-electron chi connectivity index (χ4n) is 4.16. The summed E-state index contributed by atoms with van der Waals surface area (Å²) in [5.74, 6) is -1.19. The SMILES string of the molecule is Cc1ccsc1CN(Cc1ccc(F)cc1)C(=O)CN(CCN1CCOCC1)C(=O)Nc1ccc(F)c(Cl)c1. The number of anilines is 1. The lowest BCUT2D eigenvalue weighted by Gasteiger charge is -2.31. The Morgan fingerprint density at radius 3 is 2.46 bits per heavy atom. The summed E-state index contributed by atoms with van der Waals surface area (Å²) >= 11 is 7.45. The molecule has 1 aliphatic rings. The van der Waals surface area contributed by atoms with E-state index in [4.69, 9.17) is 16.3 Å². The van der Waals surface area contributed by atoms with Crippen molar-refractivity contribution in [3.63, 3.8) is 0 Å². The number of thiophene rings is 1. The van der Waals surface area contributed by atoms with Crippen molar-refractivity contribution in [1.29, 1.82) is 0 Å². The van der Waals surface area contributed by atoms with Crippen LogP contribution in [0.2, 0.25) is 5.02 Å². The van der Waals surface area contributed by atoms with Gasteiger partial charge in [-0.25, -0.2) is 13.6 Å². The number of aryl methyl sites for hydroxylation is 1. The molecule has 1 fully saturated rings. The standard InChI is InChI=1S/C28H31ClF2N4O3S/c1-20-8-15-39-26(20)18-35(17-21-2-4-22(30)5-3-21)27(36)19-34(10-9-33-11-13-38-14-12-33)28(37)32-23-6-7-25(31)24(29)16-23/h2-8,15-16H,9-14,17-19H2,1H3,(H,32,37). The third-order valence-electron chi connectivity index (χ3n) is 6.52. The smallest absolute Gasteiger partial charge is 0.322 e. The van der Waals surface area contributed by atoms with Gasteiger partial charge in [0.15, 0.2) is 0 Å². The van der Waals surface area contributed by atoms with Crippen LogP contribution in [0.5, 0.6) is 0 Å². The topological polar surface area (TPSA) is 65.1 Å². The average molecular weight is 577 g/mol. The number of ether oxygens (including phenoxy) is 1. The second kappa shape index (κ2) is 13.8. The van der Waals surface area contributed by atoms with Gasteiger partial charge in [-0.15, -0.1) is 11.3 Å². The Hall–Kier alpha value is -3.05. The van der Waals surface area contributed by atoms with E-state index in [1.165, 1.54) is 35.2 Å². The summed E-state index contributed by atoms with van der Waals surface area (Å²) in [7, 11) is 0. The van der Waals surface area contributed by atoms with Crippen LogP contribution in [-0.4, -0.2) is 72.6 Å². The molecular weight excluding hydrogens is 546 g/mol. The number of urea groups is 1. The van der Waals surface area contributed by atoms with Gasteiger partial charge in [0.05, 0.1) is 24.8 Å². The third kappa shape index (κ3) is 8.47. The summed E-state index contributed by atoms with van der Waals surface area (Å²) < 4.78 is 32.5. The first kappa shape index (κ1) is 28.9. The van der Waals surface area contributed by atoms with E-state index in [9.17, 15) is 18.4 Å². The monoisotopic (exact) mass is 576 g/mol. The Morgan fingerprint density at radius 2 is 1.79 bits per heavy atom. The second-order valence-electron chi connectivity index (χ2n) is 9.34. The highest BCUT2D eigenvalue weighted by Gasteiger charge is 2.24. The number of amides is 3. The van der Waals surface area contributed by atoms with Crippen LogP contribution in [0.3, 0.4) is 0 Å². The molecule has 3 amide bonds. The Bertz CT molecular complexity index is 1270. The molecule has 0 radical (unpaired) electrons. The number of carbonyl (C=O) groups is 2. The summed E-state index contributed by atoms with van der Waals surface area (Å²) in [6.07, 6.45) is 0. The molecule has 39 heavy (non-hydrogen) atoms. The van der Waals surface area contributed by atoms with Crippen molar-refractivity contribution in [3.05, 3.63) is 86.6 Å². The Kier molecular flexibility index (Phi) is 10.3. The first-order valence-corrected chi connectivity index (χ1v) is 13.9. The Morgan fingerprint density at radius 1 is 1.05 bits per heavy atom. The predicted molar refractivity (Wildman–Crippen MR) is 149 cm³/mol. The number of hydrogen-bond donors (Lipinski definition) is 1. The number of carbonyl (C=O) groups excluding carboxylic acids is 2. The van der Waals surface area contributed by atoms with Gasteiger partial charge < -0.3 is 19.9 Å². The van der Waals surface area contributed by atoms with E-state index in [-0.39, 0.29) is 29.8 Å². The van der Waals surface area contributed by atoms with Crippen molar-refractivity contribution in [1.82, 2.24) is 14.7 Å². The molecule has 0 atom stereocenters. The van der Waals surface area contributed by atoms with Gasteiger partial charge in [-0.3, -0.25) is 9.69 Å². The van der Waals surface area contributed by atoms with Crippen LogP contribution >= 0.6 is 22.9 Å². The number of halogens is 3. The fraction of sp³-hybridized carbons (Fsp3) is 0.357. The summed E-state index contributed by atoms with van der Waals surface area (Å²) in [4.78, 5) is 33.4. The molecular formula is C28H31ClF2N4O3S. The lowest BCUT2D eigenvalue weighted by Crippen LogP contribution is -2.48. The molecule has 1 aliphatic heterocycles. The van der Waals surface area contributed by atoms with Crippen LogP contribution in [0.4, 0.5) is 19.3 Å². The van der Waals surface area contributed by atoms with E-state index >= 15 is 0 Å². The summed E-state index contributed by atoms with van der Waals surface area (Å²) in [6, 6.07) is 11.5. The van der Waals surface area contributed by atoms with E-state index in [1.807, 2.05) is 18.4 Å². The molecule has 0 spiro atoms. The lowest BCUT2D eigenvalue weighted by molar-refractivity contribution is -0.133. The van der Waals surface area contributed by atoms with E-state index in [2.05, 4.69) is 10.2 Å². The molecule has 2 heterocycles. The minimum Gasteiger partial charge on any atom is -0.379 e.